The Kier molecular flexibility index (Phi) is 4.62. The summed E-state index contributed by atoms with van der Waals surface area (Å²) >= 11 is 0. The first-order chi connectivity index (χ1) is 10.6. The minimum absolute atomic E-state index is 0.297. The Bertz CT molecular complexity index is 493. The van der Waals surface area contributed by atoms with E-state index in [1.807, 2.05) is 24.3 Å². The van der Waals surface area contributed by atoms with Gasteiger partial charge in [-0.3, -0.25) is 0 Å². The molecule has 7 heteroatoms. The van der Waals surface area contributed by atoms with Crippen molar-refractivity contribution in [1.82, 2.24) is 0 Å². The molecule has 6 atom stereocenters. The average molecular weight is 311 g/mol. The molecule has 0 bridgehead atoms. The second-order valence-electron chi connectivity index (χ2n) is 5.39. The molecular formula is C15H21NO6. The van der Waals surface area contributed by atoms with Crippen molar-refractivity contribution in [3.8, 4) is 5.75 Å². The number of benzene rings is 1. The van der Waals surface area contributed by atoms with Gasteiger partial charge in [-0.15, -0.1) is 0 Å². The van der Waals surface area contributed by atoms with Gasteiger partial charge in [0, 0.05) is 12.7 Å². The summed E-state index contributed by atoms with van der Waals surface area (Å²) in [5.74, 6) is 0.753. The van der Waals surface area contributed by atoms with Crippen LogP contribution in [-0.2, 0) is 18.9 Å². The molecule has 2 fully saturated rings. The molecule has 3 unspecified atom stereocenters. The minimum atomic E-state index is -0.881. The van der Waals surface area contributed by atoms with Crippen molar-refractivity contribution in [3.05, 3.63) is 29.8 Å². The zero-order valence-electron chi connectivity index (χ0n) is 12.5. The zero-order valence-corrected chi connectivity index (χ0v) is 12.5. The van der Waals surface area contributed by atoms with Gasteiger partial charge in [0.15, 0.2) is 12.6 Å². The molecule has 0 aliphatic carbocycles. The van der Waals surface area contributed by atoms with Crippen LogP contribution in [0.25, 0.3) is 0 Å². The molecule has 3 rings (SSSR count). The minimum Gasteiger partial charge on any atom is -0.497 e. The lowest BCUT2D eigenvalue weighted by Crippen LogP contribution is -2.64. The molecule has 0 aromatic heterocycles. The number of methoxy groups -OCH3 is 2. The third kappa shape index (κ3) is 2.83. The van der Waals surface area contributed by atoms with Gasteiger partial charge in [0.1, 0.15) is 24.1 Å². The number of aliphatic hydroxyl groups excluding tert-OH is 1. The topological polar surface area (TPSA) is 92.4 Å². The second-order valence-corrected chi connectivity index (χ2v) is 5.39. The molecule has 0 saturated carbocycles. The smallest absolute Gasteiger partial charge is 0.184 e. The quantitative estimate of drug-likeness (QED) is 0.822. The summed E-state index contributed by atoms with van der Waals surface area (Å²) in [7, 11) is 3.10. The number of nitrogens with two attached hydrogens (primary N) is 1. The van der Waals surface area contributed by atoms with E-state index >= 15 is 0 Å². The molecule has 7 nitrogen and oxygen atoms in total. The summed E-state index contributed by atoms with van der Waals surface area (Å²) < 4.78 is 27.5. The van der Waals surface area contributed by atoms with Crippen LogP contribution in [0, 0.1) is 0 Å². The van der Waals surface area contributed by atoms with Crippen LogP contribution < -0.4 is 10.5 Å². The van der Waals surface area contributed by atoms with E-state index < -0.39 is 36.9 Å². The molecule has 22 heavy (non-hydrogen) atoms. The molecule has 3 N–H and O–H groups in total. The van der Waals surface area contributed by atoms with Crippen molar-refractivity contribution in [2.75, 3.05) is 20.8 Å². The van der Waals surface area contributed by atoms with Crippen molar-refractivity contribution < 1.29 is 28.8 Å². The largest absolute Gasteiger partial charge is 0.497 e. The van der Waals surface area contributed by atoms with Crippen LogP contribution in [0.2, 0.25) is 0 Å². The number of ether oxygens (including phenoxy) is 5. The lowest BCUT2D eigenvalue weighted by atomic mass is 9.96. The molecule has 0 amide bonds. The highest BCUT2D eigenvalue weighted by atomic mass is 16.7. The fourth-order valence-corrected chi connectivity index (χ4v) is 2.76. The fraction of sp³-hybridized carbons (Fsp3) is 0.600. The molecule has 2 aliphatic heterocycles. The normalized spacial score (nSPS) is 38.4. The Morgan fingerprint density at radius 2 is 1.91 bits per heavy atom. The van der Waals surface area contributed by atoms with Crippen LogP contribution >= 0.6 is 0 Å². The zero-order chi connectivity index (χ0) is 15.7. The van der Waals surface area contributed by atoms with Gasteiger partial charge in [-0.2, -0.15) is 0 Å². The molecule has 2 aliphatic rings. The summed E-state index contributed by atoms with van der Waals surface area (Å²) in [6.07, 6.45) is -3.08. The molecule has 1 aromatic rings. The lowest BCUT2D eigenvalue weighted by Gasteiger charge is -2.46. The molecule has 0 spiro atoms. The van der Waals surface area contributed by atoms with E-state index in [9.17, 15) is 5.11 Å². The fourth-order valence-electron chi connectivity index (χ4n) is 2.76. The van der Waals surface area contributed by atoms with E-state index in [-0.39, 0.29) is 0 Å². The maximum atomic E-state index is 10.3. The second kappa shape index (κ2) is 6.49. The monoisotopic (exact) mass is 311 g/mol. The van der Waals surface area contributed by atoms with Gasteiger partial charge in [0.25, 0.3) is 0 Å². The van der Waals surface area contributed by atoms with Crippen molar-refractivity contribution in [3.63, 3.8) is 0 Å². The number of fused-ring (bicyclic) bond motifs is 1. The summed E-state index contributed by atoms with van der Waals surface area (Å²) in [6.45, 7) is 0.297. The summed E-state index contributed by atoms with van der Waals surface area (Å²) in [6, 6.07) is 6.71. The molecule has 0 radical (unpaired) electrons. The first kappa shape index (κ1) is 15.7. The van der Waals surface area contributed by atoms with Gasteiger partial charge in [-0.05, 0) is 12.1 Å². The predicted octanol–water partition coefficient (Wildman–Crippen LogP) is 0.169. The maximum absolute atomic E-state index is 10.3. The Labute approximate surface area is 128 Å². The van der Waals surface area contributed by atoms with Gasteiger partial charge in [0.2, 0.25) is 0 Å². The summed E-state index contributed by atoms with van der Waals surface area (Å²) in [5.41, 5.74) is 6.77. The van der Waals surface area contributed by atoms with E-state index in [2.05, 4.69) is 0 Å². The Morgan fingerprint density at radius 1 is 1.18 bits per heavy atom. The van der Waals surface area contributed by atoms with Crippen molar-refractivity contribution in [2.45, 2.75) is 36.9 Å². The van der Waals surface area contributed by atoms with Crippen molar-refractivity contribution in [1.29, 1.82) is 0 Å². The van der Waals surface area contributed by atoms with Crippen molar-refractivity contribution >= 4 is 0 Å². The Morgan fingerprint density at radius 3 is 2.55 bits per heavy atom. The van der Waals surface area contributed by atoms with Gasteiger partial charge in [-0.1, -0.05) is 12.1 Å². The van der Waals surface area contributed by atoms with Crippen molar-refractivity contribution in [2.24, 2.45) is 5.73 Å². The average Bonchev–Trinajstić information content (AvgIpc) is 2.58. The van der Waals surface area contributed by atoms with Crippen LogP contribution in [0.3, 0.4) is 0 Å². The molecular weight excluding hydrogens is 290 g/mol. The number of rotatable bonds is 3. The third-order valence-corrected chi connectivity index (χ3v) is 4.03. The third-order valence-electron chi connectivity index (χ3n) is 4.03. The highest BCUT2D eigenvalue weighted by Gasteiger charge is 2.48. The summed E-state index contributed by atoms with van der Waals surface area (Å²) in [4.78, 5) is 0. The van der Waals surface area contributed by atoms with Crippen LogP contribution in [0.5, 0.6) is 5.75 Å². The predicted molar refractivity (Wildman–Crippen MR) is 76.2 cm³/mol. The number of aliphatic hydroxyl groups is 1. The van der Waals surface area contributed by atoms with Crippen LogP contribution in [-0.4, -0.2) is 56.6 Å². The van der Waals surface area contributed by atoms with E-state index in [0.717, 1.165) is 11.3 Å². The van der Waals surface area contributed by atoms with E-state index in [1.165, 1.54) is 7.11 Å². The highest BCUT2D eigenvalue weighted by Crippen LogP contribution is 2.34. The SMILES string of the molecule is COc1ccc(C2OCC3O[C@H](OC)C(N)[C@@H](O)[C@@H]3O2)cc1. The van der Waals surface area contributed by atoms with E-state index in [4.69, 9.17) is 29.4 Å². The van der Waals surface area contributed by atoms with Gasteiger partial charge >= 0.3 is 0 Å². The summed E-state index contributed by atoms with van der Waals surface area (Å²) in [5, 5.41) is 10.3. The van der Waals surface area contributed by atoms with Gasteiger partial charge < -0.3 is 34.5 Å². The number of hydrogen-bond acceptors (Lipinski definition) is 7. The molecule has 2 saturated heterocycles. The number of hydrogen-bond donors (Lipinski definition) is 2. The van der Waals surface area contributed by atoms with Crippen LogP contribution in [0.1, 0.15) is 11.9 Å². The Balaban J connectivity index is 1.72. The standard InChI is InChI=1S/C15H21NO6/c1-18-9-5-3-8(4-6-9)14-20-7-10-13(22-14)12(17)11(16)15(19-2)21-10/h3-6,10-15,17H,7,16H2,1-2H3/t10?,11?,12-,13-,14?,15+/m1/s1. The Hall–Kier alpha value is -1.22. The molecule has 1 aromatic carbocycles. The molecule has 122 valence electrons. The maximum Gasteiger partial charge on any atom is 0.184 e. The van der Waals surface area contributed by atoms with E-state index in [0.29, 0.717) is 6.61 Å². The first-order valence-electron chi connectivity index (χ1n) is 7.17. The van der Waals surface area contributed by atoms with Crippen LogP contribution in [0.4, 0.5) is 0 Å². The first-order valence-corrected chi connectivity index (χ1v) is 7.17. The van der Waals surface area contributed by atoms with Crippen LogP contribution in [0.15, 0.2) is 24.3 Å². The molecule has 2 heterocycles. The highest BCUT2D eigenvalue weighted by molar-refractivity contribution is 5.28. The van der Waals surface area contributed by atoms with Gasteiger partial charge in [0.05, 0.1) is 19.8 Å². The van der Waals surface area contributed by atoms with Gasteiger partial charge in [-0.25, -0.2) is 0 Å². The lowest BCUT2D eigenvalue weighted by molar-refractivity contribution is -0.339. The van der Waals surface area contributed by atoms with E-state index in [1.54, 1.807) is 7.11 Å².